The predicted molar refractivity (Wildman–Crippen MR) is 73.4 cm³/mol. The summed E-state index contributed by atoms with van der Waals surface area (Å²) in [6, 6.07) is 8.39. The minimum atomic E-state index is -0.995. The number of aromatic nitrogens is 1. The molecule has 104 valence electrons. The number of methoxy groups -OCH3 is 1. The highest BCUT2D eigenvalue weighted by atomic mass is 16.5. The Morgan fingerprint density at radius 3 is 2.80 bits per heavy atom. The molecule has 0 saturated carbocycles. The molecule has 0 radical (unpaired) electrons. The molecule has 20 heavy (non-hydrogen) atoms. The summed E-state index contributed by atoms with van der Waals surface area (Å²) in [4.78, 5) is 14.9. The van der Waals surface area contributed by atoms with Gasteiger partial charge in [0, 0.05) is 18.8 Å². The third-order valence-electron chi connectivity index (χ3n) is 2.78. The maximum atomic E-state index is 10.9. The van der Waals surface area contributed by atoms with Gasteiger partial charge in [0.15, 0.2) is 11.5 Å². The van der Waals surface area contributed by atoms with Crippen molar-refractivity contribution >= 4 is 5.97 Å². The van der Waals surface area contributed by atoms with E-state index in [0.29, 0.717) is 18.1 Å². The normalized spacial score (nSPS) is 10.1. The zero-order valence-electron chi connectivity index (χ0n) is 11.1. The second-order valence-electron chi connectivity index (χ2n) is 4.13. The highest BCUT2D eigenvalue weighted by Gasteiger charge is 2.09. The fraction of sp³-hybridized carbons (Fsp3) is 0.200. The lowest BCUT2D eigenvalue weighted by Gasteiger charge is -2.11. The molecule has 1 aromatic heterocycles. The van der Waals surface area contributed by atoms with Crippen molar-refractivity contribution in [2.24, 2.45) is 0 Å². The van der Waals surface area contributed by atoms with Crippen LogP contribution in [0.5, 0.6) is 11.5 Å². The Kier molecular flexibility index (Phi) is 4.55. The first-order valence-electron chi connectivity index (χ1n) is 6.13. The average molecular weight is 273 g/mol. The summed E-state index contributed by atoms with van der Waals surface area (Å²) < 4.78 is 10.8. The Labute approximate surface area is 116 Å². The molecule has 0 aliphatic rings. The van der Waals surface area contributed by atoms with Gasteiger partial charge in [0.1, 0.15) is 0 Å². The van der Waals surface area contributed by atoms with Gasteiger partial charge in [0.25, 0.3) is 0 Å². The monoisotopic (exact) mass is 273 g/mol. The molecular formula is C15H15NO4. The number of pyridine rings is 1. The molecule has 1 heterocycles. The van der Waals surface area contributed by atoms with Gasteiger partial charge in [-0.05, 0) is 29.8 Å². The highest BCUT2D eigenvalue weighted by Crippen LogP contribution is 2.28. The van der Waals surface area contributed by atoms with Gasteiger partial charge in [-0.3, -0.25) is 4.98 Å². The number of aromatic carboxylic acids is 1. The maximum Gasteiger partial charge on any atom is 0.335 e. The van der Waals surface area contributed by atoms with E-state index in [-0.39, 0.29) is 5.56 Å². The Balaban J connectivity index is 2.00. The number of carbonyl (C=O) groups is 1. The van der Waals surface area contributed by atoms with E-state index in [1.54, 1.807) is 18.5 Å². The minimum absolute atomic E-state index is 0.168. The van der Waals surface area contributed by atoms with Crippen LogP contribution in [0.2, 0.25) is 0 Å². The molecular weight excluding hydrogens is 258 g/mol. The molecule has 1 N–H and O–H groups in total. The first kappa shape index (κ1) is 13.9. The molecule has 1 aromatic carbocycles. The van der Waals surface area contributed by atoms with E-state index in [1.807, 2.05) is 12.1 Å². The molecule has 0 fully saturated rings. The van der Waals surface area contributed by atoms with Crippen LogP contribution in [0.4, 0.5) is 0 Å². The molecule has 0 aliphatic heterocycles. The summed E-state index contributed by atoms with van der Waals surface area (Å²) in [5.41, 5.74) is 1.25. The molecule has 0 spiro atoms. The van der Waals surface area contributed by atoms with Gasteiger partial charge in [-0.15, -0.1) is 0 Å². The van der Waals surface area contributed by atoms with Gasteiger partial charge in [-0.1, -0.05) is 6.07 Å². The van der Waals surface area contributed by atoms with E-state index < -0.39 is 5.97 Å². The van der Waals surface area contributed by atoms with Crippen molar-refractivity contribution in [2.45, 2.75) is 6.42 Å². The van der Waals surface area contributed by atoms with Gasteiger partial charge in [0.2, 0.25) is 0 Å². The fourth-order valence-electron chi connectivity index (χ4n) is 1.74. The molecule has 0 saturated heterocycles. The van der Waals surface area contributed by atoms with Crippen molar-refractivity contribution in [3.8, 4) is 11.5 Å². The average Bonchev–Trinajstić information content (AvgIpc) is 2.48. The zero-order valence-corrected chi connectivity index (χ0v) is 11.1. The summed E-state index contributed by atoms with van der Waals surface area (Å²) in [6.45, 7) is 0.467. The molecule has 0 unspecified atom stereocenters. The molecule has 0 aliphatic carbocycles. The van der Waals surface area contributed by atoms with Crippen molar-refractivity contribution in [2.75, 3.05) is 13.7 Å². The third kappa shape index (κ3) is 3.47. The summed E-state index contributed by atoms with van der Waals surface area (Å²) in [5, 5.41) is 8.92. The highest BCUT2D eigenvalue weighted by molar-refractivity contribution is 5.88. The summed E-state index contributed by atoms with van der Waals surface area (Å²) in [7, 11) is 1.48. The standard InChI is InChI=1S/C15H15NO4/c1-19-14-9-12(15(17)18)4-5-13(14)20-8-6-11-3-2-7-16-10-11/h2-5,7,9-10H,6,8H2,1H3,(H,17,18). The number of nitrogens with zero attached hydrogens (tertiary/aromatic N) is 1. The van der Waals surface area contributed by atoms with E-state index in [9.17, 15) is 4.79 Å². The van der Waals surface area contributed by atoms with Crippen LogP contribution in [0.25, 0.3) is 0 Å². The minimum Gasteiger partial charge on any atom is -0.493 e. The van der Waals surface area contributed by atoms with Crippen LogP contribution < -0.4 is 9.47 Å². The van der Waals surface area contributed by atoms with Gasteiger partial charge >= 0.3 is 5.97 Å². The fourth-order valence-corrected chi connectivity index (χ4v) is 1.74. The summed E-state index contributed by atoms with van der Waals surface area (Å²) in [6.07, 6.45) is 4.23. The second-order valence-corrected chi connectivity index (χ2v) is 4.13. The van der Waals surface area contributed by atoms with E-state index in [2.05, 4.69) is 4.98 Å². The maximum absolute atomic E-state index is 10.9. The van der Waals surface area contributed by atoms with Gasteiger partial charge in [0.05, 0.1) is 19.3 Å². The molecule has 5 heteroatoms. The van der Waals surface area contributed by atoms with Crippen molar-refractivity contribution in [3.05, 3.63) is 53.9 Å². The van der Waals surface area contributed by atoms with Crippen LogP contribution in [-0.4, -0.2) is 29.8 Å². The topological polar surface area (TPSA) is 68.7 Å². The van der Waals surface area contributed by atoms with Crippen molar-refractivity contribution < 1.29 is 19.4 Å². The Morgan fingerprint density at radius 1 is 1.30 bits per heavy atom. The summed E-state index contributed by atoms with van der Waals surface area (Å²) >= 11 is 0. The Hall–Kier alpha value is -2.56. The number of hydrogen-bond acceptors (Lipinski definition) is 4. The number of carboxylic acid groups (broad SMARTS) is 1. The predicted octanol–water partition coefficient (Wildman–Crippen LogP) is 2.41. The zero-order chi connectivity index (χ0) is 14.4. The first-order valence-corrected chi connectivity index (χ1v) is 6.13. The van der Waals surface area contributed by atoms with Crippen LogP contribution in [0.15, 0.2) is 42.7 Å². The van der Waals surface area contributed by atoms with Crippen LogP contribution in [-0.2, 0) is 6.42 Å². The Bertz CT molecular complexity index is 584. The number of ether oxygens (including phenoxy) is 2. The molecule has 2 rings (SSSR count). The second kappa shape index (κ2) is 6.56. The SMILES string of the molecule is COc1cc(C(=O)O)ccc1OCCc1cccnc1. The molecule has 0 atom stereocenters. The van der Waals surface area contributed by atoms with Crippen LogP contribution in [0, 0.1) is 0 Å². The number of hydrogen-bond donors (Lipinski definition) is 1. The molecule has 2 aromatic rings. The van der Waals surface area contributed by atoms with Crippen molar-refractivity contribution in [3.63, 3.8) is 0 Å². The summed E-state index contributed by atoms with van der Waals surface area (Å²) in [5.74, 6) is -0.0531. The van der Waals surface area contributed by atoms with E-state index in [1.165, 1.54) is 19.2 Å². The largest absolute Gasteiger partial charge is 0.493 e. The van der Waals surface area contributed by atoms with E-state index in [0.717, 1.165) is 12.0 Å². The van der Waals surface area contributed by atoms with Crippen molar-refractivity contribution in [1.82, 2.24) is 4.98 Å². The smallest absolute Gasteiger partial charge is 0.335 e. The first-order chi connectivity index (χ1) is 9.70. The van der Waals surface area contributed by atoms with E-state index >= 15 is 0 Å². The van der Waals surface area contributed by atoms with Crippen molar-refractivity contribution in [1.29, 1.82) is 0 Å². The lowest BCUT2D eigenvalue weighted by Crippen LogP contribution is -2.04. The van der Waals surface area contributed by atoms with Crippen LogP contribution >= 0.6 is 0 Å². The van der Waals surface area contributed by atoms with Gasteiger partial charge in [-0.2, -0.15) is 0 Å². The lowest BCUT2D eigenvalue weighted by molar-refractivity contribution is 0.0696. The third-order valence-corrected chi connectivity index (χ3v) is 2.78. The lowest BCUT2D eigenvalue weighted by atomic mass is 10.2. The molecule has 5 nitrogen and oxygen atoms in total. The quantitative estimate of drug-likeness (QED) is 0.875. The van der Waals surface area contributed by atoms with E-state index in [4.69, 9.17) is 14.6 Å². The molecule has 0 bridgehead atoms. The van der Waals surface area contributed by atoms with Gasteiger partial charge < -0.3 is 14.6 Å². The van der Waals surface area contributed by atoms with Gasteiger partial charge in [-0.25, -0.2) is 4.79 Å². The Morgan fingerprint density at radius 2 is 2.15 bits per heavy atom. The molecule has 0 amide bonds. The number of benzene rings is 1. The number of rotatable bonds is 6. The number of carboxylic acids is 1. The van der Waals surface area contributed by atoms with Crippen LogP contribution in [0.3, 0.4) is 0 Å². The van der Waals surface area contributed by atoms with Crippen LogP contribution in [0.1, 0.15) is 15.9 Å².